The lowest BCUT2D eigenvalue weighted by Crippen LogP contribution is -2.39. The lowest BCUT2D eigenvalue weighted by molar-refractivity contribution is -0.138. The lowest BCUT2D eigenvalue weighted by Gasteiger charge is -2.29. The van der Waals surface area contributed by atoms with Crippen molar-refractivity contribution >= 4 is 59.3 Å². The molecule has 3 aromatic rings. The zero-order chi connectivity index (χ0) is 72.5. The summed E-state index contributed by atoms with van der Waals surface area (Å²) in [4.78, 5) is 125. The molecule has 0 aliphatic carbocycles. The fourth-order valence-electron chi connectivity index (χ4n) is 9.13. The number of hydrogen-bond acceptors (Lipinski definition) is 17. The van der Waals surface area contributed by atoms with Crippen molar-refractivity contribution in [3.05, 3.63) is 77.9 Å². The van der Waals surface area contributed by atoms with Gasteiger partial charge in [0.2, 0.25) is 17.7 Å². The number of rotatable bonds is 49. The van der Waals surface area contributed by atoms with E-state index in [2.05, 4.69) is 31.9 Å². The summed E-state index contributed by atoms with van der Waals surface area (Å²) in [6.07, 6.45) is 3.15. The monoisotopic (exact) mass is 1360 g/mol. The van der Waals surface area contributed by atoms with Crippen LogP contribution < -0.4 is 46.1 Å². The van der Waals surface area contributed by atoms with Crippen LogP contribution in [0.15, 0.2) is 66.7 Å². The Morgan fingerprint density at radius 1 is 0.381 bits per heavy atom. The molecule has 0 heterocycles. The molecule has 26 nitrogen and oxygen atoms in total. The normalized spacial score (nSPS) is 12.0. The van der Waals surface area contributed by atoms with Crippen LogP contribution in [0.2, 0.25) is 0 Å². The summed E-state index contributed by atoms with van der Waals surface area (Å²) >= 11 is 0. The highest BCUT2D eigenvalue weighted by atomic mass is 16.5. The van der Waals surface area contributed by atoms with Crippen molar-refractivity contribution < 1.29 is 96.4 Å². The average Bonchev–Trinajstić information content (AvgIpc) is 1.07. The first-order valence-corrected chi connectivity index (χ1v) is 33.0. The standard InChI is InChI=1S/C71H106N6O20/c1-66(2,63(88)75-30-16-21-59(81)82)27-36-95-69(7,8)24-33-72-56(78)46-91-53-40-50(39-52(43-53)62(87)94-45-49-19-14-13-15-20-49)51-41-54(92-47-57(79)73-34-25-70(9,10)96-37-28-67(3,4)64(89)76-31-17-22-60(83)84)44-55(42-51)93-48-58(80)74-35-26-71(11,12)97-38-29-68(5,6)65(90)77-32-18-23-61(85)86/h13-15,19-20,39-44H,16-18,21-38,45-48H2,1-12H3,(H,72,78)(H,73,79)(H,74,80)(H,75,88)(H,76,89)(H,77,90)(H,81,82)(H,83,84)(H,85,86). The minimum absolute atomic E-state index is 0.0479. The summed E-state index contributed by atoms with van der Waals surface area (Å²) < 4.78 is 42.3. The molecule has 0 fully saturated rings. The molecule has 0 radical (unpaired) electrons. The molecule has 97 heavy (non-hydrogen) atoms. The smallest absolute Gasteiger partial charge is 0.338 e. The Morgan fingerprint density at radius 2 is 0.701 bits per heavy atom. The number of carbonyl (C=O) groups excluding carboxylic acids is 7. The van der Waals surface area contributed by atoms with Gasteiger partial charge in [-0.2, -0.15) is 0 Å². The van der Waals surface area contributed by atoms with Crippen molar-refractivity contribution in [3.8, 4) is 28.4 Å². The molecule has 0 aromatic heterocycles. The number of carbonyl (C=O) groups is 10. The van der Waals surface area contributed by atoms with E-state index in [4.69, 9.17) is 48.5 Å². The van der Waals surface area contributed by atoms with E-state index in [0.29, 0.717) is 68.9 Å². The number of aliphatic carboxylic acids is 3. The van der Waals surface area contributed by atoms with Crippen LogP contribution in [-0.4, -0.2) is 170 Å². The van der Waals surface area contributed by atoms with Gasteiger partial charge in [0.15, 0.2) is 19.8 Å². The third-order valence-corrected chi connectivity index (χ3v) is 15.9. The Balaban J connectivity index is 1.81. The molecule has 3 aromatic carbocycles. The molecule has 0 unspecified atom stereocenters. The van der Waals surface area contributed by atoms with Crippen LogP contribution in [0.3, 0.4) is 0 Å². The van der Waals surface area contributed by atoms with Gasteiger partial charge >= 0.3 is 23.9 Å². The van der Waals surface area contributed by atoms with Crippen molar-refractivity contribution in [3.63, 3.8) is 0 Å². The van der Waals surface area contributed by atoms with Crippen LogP contribution in [-0.2, 0) is 68.7 Å². The van der Waals surface area contributed by atoms with Gasteiger partial charge in [-0.05, 0) is 146 Å². The zero-order valence-electron chi connectivity index (χ0n) is 58.8. The summed E-state index contributed by atoms with van der Waals surface area (Å²) in [7, 11) is 0. The molecule has 26 heteroatoms. The molecule has 0 saturated carbocycles. The van der Waals surface area contributed by atoms with Crippen LogP contribution >= 0.6 is 0 Å². The van der Waals surface area contributed by atoms with E-state index in [0.717, 1.165) is 5.56 Å². The van der Waals surface area contributed by atoms with Crippen LogP contribution in [0, 0.1) is 16.2 Å². The van der Waals surface area contributed by atoms with E-state index in [9.17, 15) is 47.9 Å². The average molecular weight is 1360 g/mol. The molecule has 0 aliphatic rings. The molecule has 6 amide bonds. The molecular formula is C71H106N6O20. The molecule has 9 N–H and O–H groups in total. The van der Waals surface area contributed by atoms with Gasteiger partial charge in [0.05, 0.1) is 22.4 Å². The van der Waals surface area contributed by atoms with E-state index < -0.39 is 94.5 Å². The summed E-state index contributed by atoms with van der Waals surface area (Å²) in [5.41, 5.74) is -2.91. The predicted octanol–water partition coefficient (Wildman–Crippen LogP) is 7.94. The van der Waals surface area contributed by atoms with Gasteiger partial charge < -0.3 is 80.4 Å². The highest BCUT2D eigenvalue weighted by Crippen LogP contribution is 2.34. The fraction of sp³-hybridized carbons (Fsp3) is 0.606. The van der Waals surface area contributed by atoms with E-state index in [1.807, 2.05) is 59.7 Å². The Kier molecular flexibility index (Phi) is 34.5. The third-order valence-electron chi connectivity index (χ3n) is 15.9. The summed E-state index contributed by atoms with van der Waals surface area (Å²) in [5, 5.41) is 43.6. The lowest BCUT2D eigenvalue weighted by atomic mass is 9.88. The first kappa shape index (κ1) is 82.9. The third kappa shape index (κ3) is 34.9. The Labute approximate surface area is 570 Å². The van der Waals surface area contributed by atoms with Gasteiger partial charge in [-0.3, -0.25) is 43.2 Å². The highest BCUT2D eigenvalue weighted by Gasteiger charge is 2.32. The van der Waals surface area contributed by atoms with E-state index in [1.165, 1.54) is 12.1 Å². The van der Waals surface area contributed by atoms with Gasteiger partial charge in [-0.1, -0.05) is 71.9 Å². The van der Waals surface area contributed by atoms with Crippen molar-refractivity contribution in [1.82, 2.24) is 31.9 Å². The topological polar surface area (TPSA) is 368 Å². The maximum Gasteiger partial charge on any atom is 0.338 e. The van der Waals surface area contributed by atoms with Crippen LogP contribution in [0.5, 0.6) is 17.2 Å². The largest absolute Gasteiger partial charge is 0.484 e. The Morgan fingerprint density at radius 3 is 1.03 bits per heavy atom. The molecule has 540 valence electrons. The van der Waals surface area contributed by atoms with Gasteiger partial charge in [0.1, 0.15) is 23.9 Å². The Bertz CT molecular complexity index is 2970. The minimum Gasteiger partial charge on any atom is -0.484 e. The van der Waals surface area contributed by atoms with Crippen molar-refractivity contribution in [1.29, 1.82) is 0 Å². The highest BCUT2D eigenvalue weighted by molar-refractivity contribution is 5.92. The molecule has 0 saturated heterocycles. The van der Waals surface area contributed by atoms with Crippen LogP contribution in [0.25, 0.3) is 11.1 Å². The van der Waals surface area contributed by atoms with Gasteiger partial charge in [0.25, 0.3) is 17.7 Å². The molecular weight excluding hydrogens is 1260 g/mol. The minimum atomic E-state index is -0.936. The van der Waals surface area contributed by atoms with Crippen LogP contribution in [0.1, 0.15) is 176 Å². The maximum absolute atomic E-state index is 13.9. The molecule has 0 bridgehead atoms. The van der Waals surface area contributed by atoms with E-state index >= 15 is 0 Å². The predicted molar refractivity (Wildman–Crippen MR) is 362 cm³/mol. The number of carboxylic acid groups (broad SMARTS) is 3. The number of esters is 1. The number of benzene rings is 3. The fourth-order valence-corrected chi connectivity index (χ4v) is 9.13. The molecule has 3 rings (SSSR count). The summed E-state index contributed by atoms with van der Waals surface area (Å²) in [5.74, 6) is -5.20. The molecule has 0 atom stereocenters. The van der Waals surface area contributed by atoms with E-state index in [-0.39, 0.29) is 125 Å². The second-order valence-corrected chi connectivity index (χ2v) is 27.7. The summed E-state index contributed by atoms with van der Waals surface area (Å²) in [6, 6.07) is 18.3. The van der Waals surface area contributed by atoms with Gasteiger partial charge in [-0.25, -0.2) is 4.79 Å². The quantitative estimate of drug-likeness (QED) is 0.0191. The number of nitrogens with one attached hydrogen (secondary N) is 6. The zero-order valence-corrected chi connectivity index (χ0v) is 58.8. The maximum atomic E-state index is 13.9. The second-order valence-electron chi connectivity index (χ2n) is 27.7. The molecule has 0 aliphatic heterocycles. The first-order chi connectivity index (χ1) is 45.4. The number of ether oxygens (including phenoxy) is 7. The number of carboxylic acids is 3. The Hall–Kier alpha value is -8.36. The van der Waals surface area contributed by atoms with Gasteiger partial charge in [0, 0.05) is 101 Å². The SMILES string of the molecule is CC(C)(CCNC(=O)COc1cc(OCC(=O)NCCC(C)(C)OCCC(C)(C)C(=O)NCCCC(=O)O)cc(-c2cc(OCC(=O)NCCC(C)(C)OCCC(C)(C)C(=O)NCCCC(=O)O)cc(C(=O)OCc3ccccc3)c2)c1)OCCC(C)(C)C(=O)NCCCC(=O)O. The van der Waals surface area contributed by atoms with Crippen molar-refractivity contribution in [2.75, 3.05) is 78.9 Å². The number of hydrogen-bond donors (Lipinski definition) is 9. The van der Waals surface area contributed by atoms with Crippen LogP contribution in [0.4, 0.5) is 0 Å². The molecule has 0 spiro atoms. The van der Waals surface area contributed by atoms with Crippen molar-refractivity contribution in [2.24, 2.45) is 16.2 Å². The van der Waals surface area contributed by atoms with Crippen molar-refractivity contribution in [2.45, 2.75) is 184 Å². The van der Waals surface area contributed by atoms with Gasteiger partial charge in [-0.15, -0.1) is 0 Å². The van der Waals surface area contributed by atoms with E-state index in [1.54, 1.807) is 77.9 Å². The second kappa shape index (κ2) is 40.4. The first-order valence-electron chi connectivity index (χ1n) is 33.0. The number of amides is 6. The summed E-state index contributed by atoms with van der Waals surface area (Å²) in [6.45, 7) is 22.5.